The number of sulfone groups is 1. The highest BCUT2D eigenvalue weighted by Crippen LogP contribution is 2.45. The fraction of sp³-hybridized carbons (Fsp3) is 0.579. The molecular formula is C19H27NO6S. The number of hydrogen-bond acceptors (Lipinski definition) is 6. The van der Waals surface area contributed by atoms with E-state index in [4.69, 9.17) is 9.47 Å². The van der Waals surface area contributed by atoms with Gasteiger partial charge in [0.25, 0.3) is 0 Å². The number of carbonyl (C=O) groups is 2. The predicted octanol–water partition coefficient (Wildman–Crippen LogP) is 2.82. The number of rotatable bonds is 6. The summed E-state index contributed by atoms with van der Waals surface area (Å²) < 4.78 is 36.5. The molecule has 3 atom stereocenters. The van der Waals surface area contributed by atoms with E-state index in [1.165, 1.54) is 12.1 Å². The largest absolute Gasteiger partial charge is 0.466 e. The molecule has 1 aromatic carbocycles. The summed E-state index contributed by atoms with van der Waals surface area (Å²) in [4.78, 5) is 24.3. The van der Waals surface area contributed by atoms with Crippen molar-refractivity contribution in [2.75, 3.05) is 6.61 Å². The summed E-state index contributed by atoms with van der Waals surface area (Å²) in [7, 11) is -3.91. The Hall–Kier alpha value is -2.09. The molecule has 1 aromatic rings. The Morgan fingerprint density at radius 2 is 1.81 bits per heavy atom. The molecule has 0 radical (unpaired) electrons. The molecule has 1 amide bonds. The Labute approximate surface area is 160 Å². The highest BCUT2D eigenvalue weighted by molar-refractivity contribution is 7.92. The maximum atomic E-state index is 13.1. The molecule has 1 aliphatic rings. The van der Waals surface area contributed by atoms with Gasteiger partial charge < -0.3 is 14.8 Å². The zero-order chi connectivity index (χ0) is 20.4. The number of hydrogen-bond donors (Lipinski definition) is 1. The minimum absolute atomic E-state index is 0.0867. The molecule has 1 saturated carbocycles. The van der Waals surface area contributed by atoms with Crippen LogP contribution in [0.5, 0.6) is 0 Å². The second-order valence-corrected chi connectivity index (χ2v) is 9.75. The topological polar surface area (TPSA) is 98.8 Å². The van der Waals surface area contributed by atoms with Gasteiger partial charge in [-0.3, -0.25) is 4.79 Å². The summed E-state index contributed by atoms with van der Waals surface area (Å²) in [6.45, 7) is 8.83. The van der Waals surface area contributed by atoms with Crippen molar-refractivity contribution in [1.29, 1.82) is 0 Å². The van der Waals surface area contributed by atoms with Gasteiger partial charge in [0.2, 0.25) is 0 Å². The van der Waals surface area contributed by atoms with E-state index in [1.807, 2.05) is 6.92 Å². The Kier molecular flexibility index (Phi) is 6.19. The maximum absolute atomic E-state index is 13.1. The summed E-state index contributed by atoms with van der Waals surface area (Å²) in [5.41, 5.74) is 0.147. The molecule has 1 aliphatic carbocycles. The van der Waals surface area contributed by atoms with E-state index in [0.717, 1.165) is 5.56 Å². The quantitative estimate of drug-likeness (QED) is 0.741. The maximum Gasteiger partial charge on any atom is 0.408 e. The van der Waals surface area contributed by atoms with Gasteiger partial charge in [-0.05, 0) is 53.2 Å². The van der Waals surface area contributed by atoms with Crippen molar-refractivity contribution >= 4 is 21.9 Å². The molecule has 2 rings (SSSR count). The highest BCUT2D eigenvalue weighted by atomic mass is 32.2. The first-order valence-corrected chi connectivity index (χ1v) is 10.5. The number of nitrogens with one attached hydrogen (secondary N) is 1. The smallest absolute Gasteiger partial charge is 0.408 e. The van der Waals surface area contributed by atoms with Gasteiger partial charge in [-0.1, -0.05) is 17.7 Å². The van der Waals surface area contributed by atoms with Gasteiger partial charge in [-0.2, -0.15) is 0 Å². The van der Waals surface area contributed by atoms with Gasteiger partial charge in [0, 0.05) is 5.92 Å². The molecule has 0 aliphatic heterocycles. The van der Waals surface area contributed by atoms with Crippen LogP contribution in [-0.2, 0) is 24.1 Å². The Morgan fingerprint density at radius 3 is 2.33 bits per heavy atom. The standard InChI is InChI=1S/C19H27NO6S/c1-6-25-17(21)15-11-14(15)16(20-18(22)26-19(3,4)5)27(23,24)13-9-7-12(2)8-10-13/h7-10,14-16H,6,11H2,1-5H3,(H,20,22). The second-order valence-electron chi connectivity index (χ2n) is 7.68. The lowest BCUT2D eigenvalue weighted by Gasteiger charge is -2.24. The fourth-order valence-corrected chi connectivity index (χ4v) is 4.60. The molecule has 7 nitrogen and oxygen atoms in total. The van der Waals surface area contributed by atoms with Crippen molar-refractivity contribution in [2.45, 2.75) is 56.9 Å². The van der Waals surface area contributed by atoms with Gasteiger partial charge in [0.15, 0.2) is 9.84 Å². The van der Waals surface area contributed by atoms with Crippen LogP contribution >= 0.6 is 0 Å². The van der Waals surface area contributed by atoms with E-state index in [9.17, 15) is 18.0 Å². The number of ether oxygens (including phenoxy) is 2. The molecule has 8 heteroatoms. The predicted molar refractivity (Wildman–Crippen MR) is 99.8 cm³/mol. The summed E-state index contributed by atoms with van der Waals surface area (Å²) in [6.07, 6.45) is -0.498. The monoisotopic (exact) mass is 397 g/mol. The van der Waals surface area contributed by atoms with Gasteiger partial charge in [0.1, 0.15) is 11.0 Å². The highest BCUT2D eigenvalue weighted by Gasteiger charge is 2.54. The Balaban J connectivity index is 2.28. The van der Waals surface area contributed by atoms with Crippen molar-refractivity contribution in [3.05, 3.63) is 29.8 Å². The summed E-state index contributed by atoms with van der Waals surface area (Å²) >= 11 is 0. The van der Waals surface area contributed by atoms with Crippen LogP contribution < -0.4 is 5.32 Å². The van der Waals surface area contributed by atoms with Gasteiger partial charge in [0.05, 0.1) is 17.4 Å². The van der Waals surface area contributed by atoms with Gasteiger partial charge in [-0.15, -0.1) is 0 Å². The van der Waals surface area contributed by atoms with Crippen molar-refractivity contribution in [2.24, 2.45) is 11.8 Å². The zero-order valence-electron chi connectivity index (χ0n) is 16.3. The second kappa shape index (κ2) is 7.88. The van der Waals surface area contributed by atoms with Crippen LogP contribution in [0, 0.1) is 18.8 Å². The molecule has 150 valence electrons. The minimum atomic E-state index is -3.91. The van der Waals surface area contributed by atoms with Crippen LogP contribution in [0.25, 0.3) is 0 Å². The van der Waals surface area contributed by atoms with Crippen molar-refractivity contribution in [1.82, 2.24) is 5.32 Å². The number of esters is 1. The fourth-order valence-electron chi connectivity index (χ4n) is 2.78. The molecule has 1 fully saturated rings. The third-order valence-corrected chi connectivity index (χ3v) is 6.23. The summed E-state index contributed by atoms with van der Waals surface area (Å²) in [5.74, 6) is -1.55. The Bertz CT molecular complexity index is 794. The van der Waals surface area contributed by atoms with Gasteiger partial charge >= 0.3 is 12.1 Å². The molecule has 0 heterocycles. The molecular weight excluding hydrogens is 370 g/mol. The van der Waals surface area contributed by atoms with E-state index in [0.29, 0.717) is 6.42 Å². The average molecular weight is 397 g/mol. The number of aryl methyl sites for hydroxylation is 1. The third kappa shape index (κ3) is 5.45. The summed E-state index contributed by atoms with van der Waals surface area (Å²) in [6, 6.07) is 6.37. The number of alkyl carbamates (subject to hydrolysis) is 1. The first-order chi connectivity index (χ1) is 12.5. The number of benzene rings is 1. The zero-order valence-corrected chi connectivity index (χ0v) is 17.1. The first-order valence-electron chi connectivity index (χ1n) is 8.92. The lowest BCUT2D eigenvalue weighted by atomic mass is 10.2. The van der Waals surface area contributed by atoms with Gasteiger partial charge in [-0.25, -0.2) is 13.2 Å². The molecule has 0 aromatic heterocycles. The molecule has 27 heavy (non-hydrogen) atoms. The lowest BCUT2D eigenvalue weighted by molar-refractivity contribution is -0.145. The van der Waals surface area contributed by atoms with E-state index >= 15 is 0 Å². The molecule has 0 spiro atoms. The lowest BCUT2D eigenvalue weighted by Crippen LogP contribution is -2.45. The minimum Gasteiger partial charge on any atom is -0.466 e. The Morgan fingerprint density at radius 1 is 1.22 bits per heavy atom. The average Bonchev–Trinajstić information content (AvgIpc) is 3.32. The normalized spacial score (nSPS) is 20.5. The van der Waals surface area contributed by atoms with Crippen LogP contribution in [-0.4, -0.2) is 38.1 Å². The SMILES string of the molecule is CCOC(=O)C1CC1C(NC(=O)OC(C)(C)C)S(=O)(=O)c1ccc(C)cc1. The molecule has 0 saturated heterocycles. The van der Waals surface area contributed by atoms with Crippen LogP contribution in [0.1, 0.15) is 39.7 Å². The summed E-state index contributed by atoms with van der Waals surface area (Å²) in [5, 5.41) is 1.20. The van der Waals surface area contributed by atoms with Crippen LogP contribution in [0.3, 0.4) is 0 Å². The van der Waals surface area contributed by atoms with Crippen LogP contribution in [0.2, 0.25) is 0 Å². The number of amides is 1. The van der Waals surface area contributed by atoms with E-state index in [-0.39, 0.29) is 11.5 Å². The first kappa shape index (κ1) is 21.2. The van der Waals surface area contributed by atoms with E-state index in [1.54, 1.807) is 39.8 Å². The number of carbonyl (C=O) groups excluding carboxylic acids is 2. The van der Waals surface area contributed by atoms with E-state index < -0.39 is 44.7 Å². The van der Waals surface area contributed by atoms with Crippen molar-refractivity contribution in [3.63, 3.8) is 0 Å². The molecule has 3 unspecified atom stereocenters. The van der Waals surface area contributed by atoms with Crippen LogP contribution in [0.15, 0.2) is 29.2 Å². The van der Waals surface area contributed by atoms with Crippen molar-refractivity contribution < 1.29 is 27.5 Å². The van der Waals surface area contributed by atoms with Crippen LogP contribution in [0.4, 0.5) is 4.79 Å². The van der Waals surface area contributed by atoms with E-state index in [2.05, 4.69) is 5.32 Å². The molecule has 0 bridgehead atoms. The molecule has 1 N–H and O–H groups in total. The third-order valence-electron chi connectivity index (χ3n) is 4.16. The van der Waals surface area contributed by atoms with Crippen molar-refractivity contribution in [3.8, 4) is 0 Å².